The van der Waals surface area contributed by atoms with Crippen molar-refractivity contribution in [3.8, 4) is 0 Å². The number of hydrogen-bond acceptors (Lipinski definition) is 0. The minimum Gasteiger partial charge on any atom is -0.255 e. The second-order valence-corrected chi connectivity index (χ2v) is 3.19. The van der Waals surface area contributed by atoms with E-state index in [1.165, 1.54) is 25.7 Å². The molecule has 1 aliphatic rings. The second-order valence-electron chi connectivity index (χ2n) is 3.19. The monoisotopic (exact) mass is 146 g/mol. The van der Waals surface area contributed by atoms with Crippen LogP contribution in [0.4, 0.5) is 4.39 Å². The molecule has 0 spiro atoms. The molecule has 0 aromatic carbocycles. The lowest BCUT2D eigenvalue weighted by Gasteiger charge is -2.02. The Labute approximate surface area is 63.8 Å². The van der Waals surface area contributed by atoms with E-state index in [9.17, 15) is 4.39 Å². The largest absolute Gasteiger partial charge is 0.255 e. The van der Waals surface area contributed by atoms with E-state index in [1.54, 1.807) is 0 Å². The molecule has 0 heterocycles. The summed E-state index contributed by atoms with van der Waals surface area (Å²) < 4.78 is 9.50. The summed E-state index contributed by atoms with van der Waals surface area (Å²) in [5.41, 5.74) is 0. The van der Waals surface area contributed by atoms with E-state index in [0.29, 0.717) is 7.18 Å². The number of halogens is 1. The number of hydrogen-bond donors (Lipinski definition) is 0. The highest BCUT2D eigenvalue weighted by molar-refractivity contribution is 4.70. The summed E-state index contributed by atoms with van der Waals surface area (Å²) in [6.45, 7) is 4.68. The normalized spacial score (nSPS) is 31.2. The summed E-state index contributed by atoms with van der Waals surface area (Å²) in [6.07, 6.45) is 5.89. The zero-order chi connectivity index (χ0) is 7.98. The van der Waals surface area contributed by atoms with E-state index in [0.717, 1.165) is 11.8 Å². The Morgan fingerprint density at radius 1 is 1.30 bits per heavy atom. The molecule has 0 nitrogen and oxygen atoms in total. The number of rotatable bonds is 1. The third kappa shape index (κ3) is 3.19. The van der Waals surface area contributed by atoms with Crippen molar-refractivity contribution in [2.24, 2.45) is 11.8 Å². The number of alkyl halides is 1. The zero-order valence-electron chi connectivity index (χ0n) is 7.36. The minimum atomic E-state index is 0.500. The first-order chi connectivity index (χ1) is 4.83. The van der Waals surface area contributed by atoms with Crippen LogP contribution in [0.3, 0.4) is 0 Å². The van der Waals surface area contributed by atoms with Crippen LogP contribution in [0.1, 0.15) is 39.5 Å². The van der Waals surface area contributed by atoms with Gasteiger partial charge in [-0.25, -0.2) is 0 Å². The van der Waals surface area contributed by atoms with Crippen LogP contribution in [0.15, 0.2) is 0 Å². The molecule has 1 unspecified atom stereocenters. The third-order valence-corrected chi connectivity index (χ3v) is 2.38. The fraction of sp³-hybridized carbons (Fsp3) is 1.00. The van der Waals surface area contributed by atoms with Crippen LogP contribution in [-0.2, 0) is 0 Å². The van der Waals surface area contributed by atoms with Gasteiger partial charge in [0.1, 0.15) is 0 Å². The Bertz CT molecular complexity index is 71.1. The first-order valence-electron chi connectivity index (χ1n) is 4.20. The molecular weight excluding hydrogens is 127 g/mol. The molecule has 1 aliphatic carbocycles. The smallest absolute Gasteiger partial charge is 0.0785 e. The van der Waals surface area contributed by atoms with Crippen LogP contribution in [0.5, 0.6) is 0 Å². The van der Waals surface area contributed by atoms with Crippen molar-refractivity contribution >= 4 is 0 Å². The van der Waals surface area contributed by atoms with Gasteiger partial charge in [0.2, 0.25) is 0 Å². The molecule has 0 aromatic heterocycles. The van der Waals surface area contributed by atoms with Gasteiger partial charge in [-0.05, 0) is 18.3 Å². The van der Waals surface area contributed by atoms with Crippen LogP contribution in [0.2, 0.25) is 0 Å². The summed E-state index contributed by atoms with van der Waals surface area (Å²) in [5.74, 6) is 2.10. The summed E-state index contributed by atoms with van der Waals surface area (Å²) in [7, 11) is 0.500. The van der Waals surface area contributed by atoms with E-state index in [1.807, 2.05) is 0 Å². The Morgan fingerprint density at radius 2 is 1.90 bits per heavy atom. The molecule has 0 aromatic rings. The Morgan fingerprint density at radius 3 is 2.10 bits per heavy atom. The Hall–Kier alpha value is -0.0700. The van der Waals surface area contributed by atoms with Gasteiger partial charge in [-0.1, -0.05) is 33.1 Å². The summed E-state index contributed by atoms with van der Waals surface area (Å²) in [5, 5.41) is 0. The molecule has 0 radical (unpaired) electrons. The van der Waals surface area contributed by atoms with Crippen molar-refractivity contribution in [2.75, 3.05) is 7.18 Å². The average Bonchev–Trinajstić information content (AvgIpc) is 2.40. The molecule has 0 saturated heterocycles. The Balaban J connectivity index is 0.000000371. The lowest BCUT2D eigenvalue weighted by molar-refractivity contribution is 0.501. The van der Waals surface area contributed by atoms with Gasteiger partial charge < -0.3 is 0 Å². The molecule has 0 amide bonds. The van der Waals surface area contributed by atoms with Crippen LogP contribution in [0, 0.1) is 11.8 Å². The maximum Gasteiger partial charge on any atom is 0.0785 e. The molecule has 0 N–H and O–H groups in total. The predicted octanol–water partition coefficient (Wildman–Crippen LogP) is 3.42. The van der Waals surface area contributed by atoms with E-state index < -0.39 is 0 Å². The van der Waals surface area contributed by atoms with Gasteiger partial charge in [0.25, 0.3) is 0 Å². The molecule has 0 bridgehead atoms. The van der Waals surface area contributed by atoms with Crippen LogP contribution in [-0.4, -0.2) is 7.18 Å². The highest BCUT2D eigenvalue weighted by Crippen LogP contribution is 2.31. The highest BCUT2D eigenvalue weighted by atomic mass is 19.1. The second kappa shape index (κ2) is 5.70. The van der Waals surface area contributed by atoms with Crippen molar-refractivity contribution < 1.29 is 4.39 Å². The van der Waals surface area contributed by atoms with E-state index in [-0.39, 0.29) is 0 Å². The summed E-state index contributed by atoms with van der Waals surface area (Å²) in [4.78, 5) is 0. The maximum absolute atomic E-state index is 9.50. The lowest BCUT2D eigenvalue weighted by atomic mass is 10.0. The van der Waals surface area contributed by atoms with Gasteiger partial charge >= 0.3 is 0 Å². The molecule has 0 aliphatic heterocycles. The lowest BCUT2D eigenvalue weighted by Crippen LogP contribution is -1.89. The van der Waals surface area contributed by atoms with Gasteiger partial charge in [0.15, 0.2) is 0 Å². The van der Waals surface area contributed by atoms with Gasteiger partial charge in [-0.15, -0.1) is 0 Å². The fourth-order valence-corrected chi connectivity index (χ4v) is 1.70. The van der Waals surface area contributed by atoms with Crippen LogP contribution >= 0.6 is 0 Å². The van der Waals surface area contributed by atoms with Crippen LogP contribution < -0.4 is 0 Å². The third-order valence-electron chi connectivity index (χ3n) is 2.38. The SMILES string of the molecule is CCC1CC[C@H](C)C1.CF. The average molecular weight is 146 g/mol. The van der Waals surface area contributed by atoms with Gasteiger partial charge in [-0.2, -0.15) is 0 Å². The maximum atomic E-state index is 9.50. The molecule has 1 heteroatoms. The molecule has 1 rings (SSSR count). The first-order valence-corrected chi connectivity index (χ1v) is 4.20. The van der Waals surface area contributed by atoms with E-state index in [4.69, 9.17) is 0 Å². The van der Waals surface area contributed by atoms with Gasteiger partial charge in [-0.3, -0.25) is 4.39 Å². The standard InChI is InChI=1S/C8H16.CH3F/c1-3-8-5-4-7(2)6-8;1-2/h7-8H,3-6H2,1-2H3;1H3/t7-,8?;/m0./s1. The van der Waals surface area contributed by atoms with Crippen LogP contribution in [0.25, 0.3) is 0 Å². The quantitative estimate of drug-likeness (QED) is 0.531. The molecular formula is C9H19F. The van der Waals surface area contributed by atoms with Crippen molar-refractivity contribution in [1.29, 1.82) is 0 Å². The summed E-state index contributed by atoms with van der Waals surface area (Å²) >= 11 is 0. The fourth-order valence-electron chi connectivity index (χ4n) is 1.70. The van der Waals surface area contributed by atoms with E-state index >= 15 is 0 Å². The molecule has 2 atom stereocenters. The predicted molar refractivity (Wildman–Crippen MR) is 43.8 cm³/mol. The van der Waals surface area contributed by atoms with Crippen molar-refractivity contribution in [3.05, 3.63) is 0 Å². The zero-order valence-corrected chi connectivity index (χ0v) is 7.36. The summed E-state index contributed by atoms with van der Waals surface area (Å²) in [6, 6.07) is 0. The van der Waals surface area contributed by atoms with Crippen molar-refractivity contribution in [3.63, 3.8) is 0 Å². The topological polar surface area (TPSA) is 0 Å². The Kier molecular flexibility index (Phi) is 5.66. The van der Waals surface area contributed by atoms with Gasteiger partial charge in [0.05, 0.1) is 7.18 Å². The van der Waals surface area contributed by atoms with E-state index in [2.05, 4.69) is 13.8 Å². The first kappa shape index (κ1) is 9.93. The van der Waals surface area contributed by atoms with Crippen molar-refractivity contribution in [2.45, 2.75) is 39.5 Å². The molecule has 62 valence electrons. The molecule has 10 heavy (non-hydrogen) atoms. The highest BCUT2D eigenvalue weighted by Gasteiger charge is 2.18. The molecule has 1 fully saturated rings. The minimum absolute atomic E-state index is 0.500. The van der Waals surface area contributed by atoms with Gasteiger partial charge in [0, 0.05) is 0 Å². The molecule has 1 saturated carbocycles. The van der Waals surface area contributed by atoms with Crippen molar-refractivity contribution in [1.82, 2.24) is 0 Å².